The number of nitrogens with zero attached hydrogens (tertiary/aromatic N) is 1. The smallest absolute Gasteiger partial charge is 0.229 e. The van der Waals surface area contributed by atoms with E-state index >= 15 is 0 Å². The second-order valence-electron chi connectivity index (χ2n) is 3.97. The van der Waals surface area contributed by atoms with E-state index in [1.54, 1.807) is 18.0 Å². The Morgan fingerprint density at radius 1 is 1.47 bits per heavy atom. The molecule has 2 rings (SSSR count). The zero-order chi connectivity index (χ0) is 12.8. The van der Waals surface area contributed by atoms with E-state index in [4.69, 9.17) is 12.2 Å². The van der Waals surface area contributed by atoms with Crippen LogP contribution in [0.1, 0.15) is 5.56 Å². The van der Waals surface area contributed by atoms with Crippen molar-refractivity contribution >= 4 is 38.6 Å². The van der Waals surface area contributed by atoms with Crippen LogP contribution < -0.4 is 9.62 Å². The molecule has 0 spiro atoms. The predicted molar refractivity (Wildman–Crippen MR) is 69.6 cm³/mol. The van der Waals surface area contributed by atoms with Crippen LogP contribution in [-0.2, 0) is 16.4 Å². The van der Waals surface area contributed by atoms with Crippen molar-refractivity contribution in [3.8, 4) is 0 Å². The van der Waals surface area contributed by atoms with Crippen molar-refractivity contribution in [2.75, 3.05) is 22.9 Å². The summed E-state index contributed by atoms with van der Waals surface area (Å²) >= 11 is 5.08. The van der Waals surface area contributed by atoms with Crippen LogP contribution in [0.5, 0.6) is 0 Å². The van der Waals surface area contributed by atoms with Gasteiger partial charge in [-0.1, -0.05) is 12.2 Å². The third-order valence-electron chi connectivity index (χ3n) is 2.50. The van der Waals surface area contributed by atoms with Gasteiger partial charge in [0.15, 0.2) is 0 Å². The molecular formula is C10H11FN2O2S2. The second kappa shape index (κ2) is 3.92. The molecule has 92 valence electrons. The molecule has 0 saturated carbocycles. The number of sulfonamides is 1. The van der Waals surface area contributed by atoms with E-state index in [1.807, 2.05) is 0 Å². The van der Waals surface area contributed by atoms with Crippen molar-refractivity contribution in [3.05, 3.63) is 23.5 Å². The Hall–Kier alpha value is -1.21. The van der Waals surface area contributed by atoms with Crippen LogP contribution in [0.25, 0.3) is 0 Å². The number of hydrogen-bond acceptors (Lipinski definition) is 3. The van der Waals surface area contributed by atoms with Crippen LogP contribution >= 0.6 is 12.2 Å². The van der Waals surface area contributed by atoms with Crippen molar-refractivity contribution in [1.82, 2.24) is 0 Å². The molecule has 0 unspecified atom stereocenters. The van der Waals surface area contributed by atoms with E-state index in [1.165, 1.54) is 0 Å². The van der Waals surface area contributed by atoms with Crippen LogP contribution in [-0.4, -0.2) is 26.7 Å². The van der Waals surface area contributed by atoms with Gasteiger partial charge in [0.1, 0.15) is 5.82 Å². The molecule has 1 N–H and O–H groups in total. The molecule has 1 aliphatic rings. The molecule has 0 aliphatic carbocycles. The van der Waals surface area contributed by atoms with Crippen molar-refractivity contribution in [2.45, 2.75) is 6.42 Å². The van der Waals surface area contributed by atoms with Crippen molar-refractivity contribution in [3.63, 3.8) is 0 Å². The van der Waals surface area contributed by atoms with Gasteiger partial charge < -0.3 is 4.90 Å². The zero-order valence-electron chi connectivity index (χ0n) is 9.32. The maximum absolute atomic E-state index is 13.8. The average molecular weight is 274 g/mol. The lowest BCUT2D eigenvalue weighted by atomic mass is 10.1. The average Bonchev–Trinajstić information content (AvgIpc) is 2.39. The van der Waals surface area contributed by atoms with E-state index in [2.05, 4.69) is 4.72 Å². The highest BCUT2D eigenvalue weighted by Gasteiger charge is 2.25. The van der Waals surface area contributed by atoms with E-state index < -0.39 is 15.8 Å². The van der Waals surface area contributed by atoms with Gasteiger partial charge in [-0.05, 0) is 11.6 Å². The Labute approximate surface area is 104 Å². The molecule has 4 nitrogen and oxygen atoms in total. The van der Waals surface area contributed by atoms with E-state index in [9.17, 15) is 12.8 Å². The number of fused-ring (bicyclic) bond motifs is 1. The molecule has 17 heavy (non-hydrogen) atoms. The third kappa shape index (κ3) is 2.39. The topological polar surface area (TPSA) is 49.4 Å². The van der Waals surface area contributed by atoms with Gasteiger partial charge in [-0.2, -0.15) is 0 Å². The first-order valence-corrected chi connectivity index (χ1v) is 7.14. The van der Waals surface area contributed by atoms with Gasteiger partial charge in [-0.15, -0.1) is 0 Å². The van der Waals surface area contributed by atoms with Gasteiger partial charge in [0.25, 0.3) is 0 Å². The minimum atomic E-state index is -3.40. The number of benzene rings is 1. The molecule has 0 bridgehead atoms. The highest BCUT2D eigenvalue weighted by atomic mass is 32.2. The van der Waals surface area contributed by atoms with Crippen LogP contribution in [0.4, 0.5) is 15.8 Å². The largest absolute Gasteiger partial charge is 0.336 e. The molecule has 0 saturated heterocycles. The summed E-state index contributed by atoms with van der Waals surface area (Å²) in [6.45, 7) is 0. The zero-order valence-corrected chi connectivity index (χ0v) is 11.0. The molecule has 0 radical (unpaired) electrons. The predicted octanol–water partition coefficient (Wildman–Crippen LogP) is 1.52. The lowest BCUT2D eigenvalue weighted by molar-refractivity contribution is 0.606. The monoisotopic (exact) mass is 274 g/mol. The van der Waals surface area contributed by atoms with E-state index in [0.717, 1.165) is 12.3 Å². The standard InChI is InChI=1S/C10H11FN2O2S2/c1-13-9(16)4-6-3-7(12-17(2,14)15)5-8(11)10(6)13/h3,5,12H,4H2,1-2H3. The van der Waals surface area contributed by atoms with Gasteiger partial charge in [-0.25, -0.2) is 12.8 Å². The molecule has 1 heterocycles. The highest BCUT2D eigenvalue weighted by molar-refractivity contribution is 7.92. The van der Waals surface area contributed by atoms with E-state index in [0.29, 0.717) is 22.7 Å². The molecule has 1 aromatic carbocycles. The number of thiocarbonyl (C=S) groups is 1. The fourth-order valence-electron chi connectivity index (χ4n) is 1.85. The number of likely N-dealkylation sites (N-methyl/N-ethyl adjacent to an activating group) is 1. The number of rotatable bonds is 2. The van der Waals surface area contributed by atoms with Crippen LogP contribution in [0, 0.1) is 5.82 Å². The first-order valence-electron chi connectivity index (χ1n) is 4.85. The summed E-state index contributed by atoms with van der Waals surface area (Å²) in [6, 6.07) is 2.76. The van der Waals surface area contributed by atoms with Crippen LogP contribution in [0.3, 0.4) is 0 Å². The lowest BCUT2D eigenvalue weighted by Gasteiger charge is -2.14. The summed E-state index contributed by atoms with van der Waals surface area (Å²) in [4.78, 5) is 2.22. The number of anilines is 2. The summed E-state index contributed by atoms with van der Waals surface area (Å²) in [5, 5.41) is 0. The normalized spacial score (nSPS) is 15.0. The maximum Gasteiger partial charge on any atom is 0.229 e. The molecule has 7 heteroatoms. The van der Waals surface area contributed by atoms with Crippen LogP contribution in [0.15, 0.2) is 12.1 Å². The van der Waals surface area contributed by atoms with Crippen LogP contribution in [0.2, 0.25) is 0 Å². The SMILES string of the molecule is CN1C(=S)Cc2cc(NS(C)(=O)=O)cc(F)c21. The Morgan fingerprint density at radius 2 is 2.12 bits per heavy atom. The van der Waals surface area contributed by atoms with Gasteiger partial charge in [0.05, 0.1) is 22.6 Å². The summed E-state index contributed by atoms with van der Waals surface area (Å²) in [6.07, 6.45) is 1.48. The molecule has 0 amide bonds. The minimum Gasteiger partial charge on any atom is -0.336 e. The van der Waals surface area contributed by atoms with Gasteiger partial charge in [0, 0.05) is 19.5 Å². The van der Waals surface area contributed by atoms with Gasteiger partial charge in [0.2, 0.25) is 10.0 Å². The Kier molecular flexibility index (Phi) is 2.82. The van der Waals surface area contributed by atoms with Gasteiger partial charge in [-0.3, -0.25) is 4.72 Å². The third-order valence-corrected chi connectivity index (χ3v) is 3.52. The maximum atomic E-state index is 13.8. The lowest BCUT2D eigenvalue weighted by Crippen LogP contribution is -2.19. The fourth-order valence-corrected chi connectivity index (χ4v) is 2.64. The summed E-state index contributed by atoms with van der Waals surface area (Å²) in [5.41, 5.74) is 1.35. The molecule has 1 aliphatic heterocycles. The fraction of sp³-hybridized carbons (Fsp3) is 0.300. The van der Waals surface area contributed by atoms with E-state index in [-0.39, 0.29) is 5.69 Å². The Bertz CT molecular complexity index is 599. The van der Waals surface area contributed by atoms with Gasteiger partial charge >= 0.3 is 0 Å². The first-order chi connectivity index (χ1) is 7.78. The summed E-state index contributed by atoms with van der Waals surface area (Å²) in [5.74, 6) is -0.476. The quantitative estimate of drug-likeness (QED) is 0.831. The number of hydrogen-bond donors (Lipinski definition) is 1. The first kappa shape index (κ1) is 12.3. The molecule has 0 fully saturated rings. The Morgan fingerprint density at radius 3 is 2.71 bits per heavy atom. The number of halogens is 1. The molecular weight excluding hydrogens is 263 g/mol. The summed E-state index contributed by atoms with van der Waals surface area (Å²) in [7, 11) is -1.71. The second-order valence-corrected chi connectivity index (χ2v) is 6.19. The number of nitrogens with one attached hydrogen (secondary N) is 1. The molecule has 1 aromatic rings. The van der Waals surface area contributed by atoms with Crippen molar-refractivity contribution in [1.29, 1.82) is 0 Å². The summed E-state index contributed by atoms with van der Waals surface area (Å²) < 4.78 is 38.2. The highest BCUT2D eigenvalue weighted by Crippen LogP contribution is 2.33. The Balaban J connectivity index is 2.47. The molecule has 0 atom stereocenters. The minimum absolute atomic E-state index is 0.224. The van der Waals surface area contributed by atoms with Crippen molar-refractivity contribution in [2.24, 2.45) is 0 Å². The molecule has 0 aromatic heterocycles. The van der Waals surface area contributed by atoms with Crippen molar-refractivity contribution < 1.29 is 12.8 Å².